The Morgan fingerprint density at radius 3 is 2.83 bits per heavy atom. The number of nitrogens with zero attached hydrogens (tertiary/aromatic N) is 1. The molecule has 1 amide bonds. The largest absolute Gasteiger partial charge is 0.591 e. The minimum Gasteiger partial charge on any atom is -0.591 e. The van der Waals surface area contributed by atoms with Crippen molar-refractivity contribution < 1.29 is 9.35 Å². The molecule has 1 heterocycles. The Balaban J connectivity index is 2.19. The summed E-state index contributed by atoms with van der Waals surface area (Å²) < 4.78 is 15.4. The topological polar surface area (TPSA) is 64.5 Å². The number of hydrogen-bond acceptors (Lipinski definition) is 3. The molecule has 0 radical (unpaired) electrons. The van der Waals surface area contributed by atoms with Crippen LogP contribution in [0.3, 0.4) is 0 Å². The second kappa shape index (κ2) is 4.74. The van der Waals surface area contributed by atoms with Gasteiger partial charge in [0.1, 0.15) is 16.1 Å². The number of amides is 1. The highest BCUT2D eigenvalue weighted by Gasteiger charge is 2.26. The first kappa shape index (κ1) is 13.1. The van der Waals surface area contributed by atoms with Gasteiger partial charge in [-0.05, 0) is 38.0 Å². The summed E-state index contributed by atoms with van der Waals surface area (Å²) in [4.78, 5) is 11.5. The van der Waals surface area contributed by atoms with E-state index in [4.69, 9.17) is 0 Å². The number of fused-ring (bicyclic) bond motifs is 1. The summed E-state index contributed by atoms with van der Waals surface area (Å²) in [6.07, 6.45) is 1.56. The Bertz CT molecular complexity index is 506. The highest BCUT2D eigenvalue weighted by Crippen LogP contribution is 2.19. The van der Waals surface area contributed by atoms with Crippen LogP contribution in [0.25, 0.3) is 0 Å². The molecule has 96 valence electrons. The van der Waals surface area contributed by atoms with E-state index in [-0.39, 0.29) is 10.7 Å². The van der Waals surface area contributed by atoms with Gasteiger partial charge < -0.3 is 9.87 Å². The number of hydrogen-bond donors (Lipinski definition) is 1. The first-order chi connectivity index (χ1) is 8.38. The van der Waals surface area contributed by atoms with Crippen LogP contribution in [0, 0.1) is 0 Å². The maximum Gasteiger partial charge on any atom is 0.251 e. The molecule has 1 N–H and O–H groups in total. The summed E-state index contributed by atoms with van der Waals surface area (Å²) in [5.74, 6) is -0.0582. The van der Waals surface area contributed by atoms with Crippen LogP contribution in [-0.4, -0.2) is 21.4 Å². The summed E-state index contributed by atoms with van der Waals surface area (Å²) in [6.45, 7) is 6.20. The fourth-order valence-electron chi connectivity index (χ4n) is 1.58. The van der Waals surface area contributed by atoms with Gasteiger partial charge in [0.05, 0.1) is 6.21 Å². The quantitative estimate of drug-likeness (QED) is 0.654. The lowest BCUT2D eigenvalue weighted by atomic mass is 10.1. The van der Waals surface area contributed by atoms with Crippen LogP contribution in [0.5, 0.6) is 0 Å². The summed E-state index contributed by atoms with van der Waals surface area (Å²) in [5, 5.41) is 2.76. The number of benzene rings is 1. The van der Waals surface area contributed by atoms with Crippen molar-refractivity contribution in [1.29, 1.82) is 0 Å². The van der Waals surface area contributed by atoms with Crippen LogP contribution in [0.1, 0.15) is 42.3 Å². The van der Waals surface area contributed by atoms with Gasteiger partial charge in [-0.25, -0.2) is 0 Å². The minimum atomic E-state index is -1.28. The Kier molecular flexibility index (Phi) is 3.45. The standard InChI is InChI=1S/C13H16N2O2S/c1-13(2,3)18(17)15-7-9-4-5-10-8-14-12(16)11(10)6-9/h4-7H,8H2,1-3H3,(H,14,16). The van der Waals surface area contributed by atoms with Gasteiger partial charge in [0.2, 0.25) is 0 Å². The van der Waals surface area contributed by atoms with Crippen molar-refractivity contribution in [2.45, 2.75) is 32.1 Å². The van der Waals surface area contributed by atoms with Gasteiger partial charge in [0.15, 0.2) is 0 Å². The van der Waals surface area contributed by atoms with E-state index >= 15 is 0 Å². The molecule has 4 nitrogen and oxygen atoms in total. The molecule has 18 heavy (non-hydrogen) atoms. The lowest BCUT2D eigenvalue weighted by molar-refractivity contribution is 0.0965. The Labute approximate surface area is 110 Å². The Morgan fingerprint density at radius 1 is 1.44 bits per heavy atom. The van der Waals surface area contributed by atoms with Crippen molar-refractivity contribution in [1.82, 2.24) is 5.32 Å². The van der Waals surface area contributed by atoms with Crippen LogP contribution in [0.4, 0.5) is 0 Å². The molecule has 1 atom stereocenters. The van der Waals surface area contributed by atoms with Crippen LogP contribution in [-0.2, 0) is 17.9 Å². The second-order valence-corrected chi connectivity index (χ2v) is 7.13. The number of carbonyl (C=O) groups is 1. The number of carbonyl (C=O) groups excluding carboxylic acids is 1. The monoisotopic (exact) mass is 264 g/mol. The van der Waals surface area contributed by atoms with Crippen LogP contribution in [0.2, 0.25) is 0 Å². The Hall–Kier alpha value is -1.33. The molecule has 0 spiro atoms. The summed E-state index contributed by atoms with van der Waals surface area (Å²) in [5.41, 5.74) is 2.47. The highest BCUT2D eigenvalue weighted by atomic mass is 32.2. The number of nitrogens with one attached hydrogen (secondary N) is 1. The zero-order chi connectivity index (χ0) is 13.3. The van der Waals surface area contributed by atoms with Crippen molar-refractivity contribution >= 4 is 23.5 Å². The van der Waals surface area contributed by atoms with Gasteiger partial charge in [-0.15, -0.1) is 0 Å². The molecule has 1 aliphatic heterocycles. The molecule has 1 aromatic rings. The molecule has 0 saturated carbocycles. The third kappa shape index (κ3) is 2.73. The van der Waals surface area contributed by atoms with E-state index in [1.807, 2.05) is 32.9 Å². The van der Waals surface area contributed by atoms with E-state index < -0.39 is 11.4 Å². The summed E-state index contributed by atoms with van der Waals surface area (Å²) >= 11 is -1.28. The van der Waals surface area contributed by atoms with E-state index in [1.54, 1.807) is 12.3 Å². The van der Waals surface area contributed by atoms with Crippen molar-refractivity contribution in [3.8, 4) is 0 Å². The predicted molar refractivity (Wildman–Crippen MR) is 73.1 cm³/mol. The summed E-state index contributed by atoms with van der Waals surface area (Å²) in [7, 11) is 0. The molecule has 1 aromatic carbocycles. The molecule has 1 aliphatic rings. The molecular formula is C13H16N2O2S. The average molecular weight is 264 g/mol. The fourth-order valence-corrected chi connectivity index (χ4v) is 2.11. The molecule has 1 unspecified atom stereocenters. The van der Waals surface area contributed by atoms with Gasteiger partial charge in [-0.3, -0.25) is 4.79 Å². The van der Waals surface area contributed by atoms with Gasteiger partial charge >= 0.3 is 0 Å². The Morgan fingerprint density at radius 2 is 2.17 bits per heavy atom. The van der Waals surface area contributed by atoms with Crippen molar-refractivity contribution in [2.75, 3.05) is 0 Å². The molecule has 0 bridgehead atoms. The van der Waals surface area contributed by atoms with Crippen molar-refractivity contribution in [3.63, 3.8) is 0 Å². The van der Waals surface area contributed by atoms with E-state index in [0.717, 1.165) is 11.1 Å². The van der Waals surface area contributed by atoms with E-state index in [2.05, 4.69) is 9.71 Å². The zero-order valence-electron chi connectivity index (χ0n) is 10.7. The first-order valence-corrected chi connectivity index (χ1v) is 6.86. The fraction of sp³-hybridized carbons (Fsp3) is 0.385. The molecule has 0 aromatic heterocycles. The maximum atomic E-state index is 11.8. The molecule has 2 rings (SSSR count). The minimum absolute atomic E-state index is 0.0582. The lowest BCUT2D eigenvalue weighted by Gasteiger charge is -2.17. The van der Waals surface area contributed by atoms with E-state index in [9.17, 15) is 9.35 Å². The molecule has 5 heteroatoms. The third-order valence-electron chi connectivity index (χ3n) is 2.64. The first-order valence-electron chi connectivity index (χ1n) is 5.75. The highest BCUT2D eigenvalue weighted by molar-refractivity contribution is 7.91. The SMILES string of the molecule is CC(C)(C)[S+]([O-])N=Cc1ccc2c(c1)C(=O)NC2. The van der Waals surface area contributed by atoms with Gasteiger partial charge in [-0.2, -0.15) is 0 Å². The van der Waals surface area contributed by atoms with Crippen LogP contribution in [0.15, 0.2) is 22.6 Å². The number of rotatable bonds is 2. The van der Waals surface area contributed by atoms with Gasteiger partial charge in [0, 0.05) is 12.1 Å². The van der Waals surface area contributed by atoms with Gasteiger partial charge in [-0.1, -0.05) is 16.5 Å². The van der Waals surface area contributed by atoms with Gasteiger partial charge in [0.25, 0.3) is 5.91 Å². The average Bonchev–Trinajstić information content (AvgIpc) is 2.66. The van der Waals surface area contributed by atoms with E-state index in [0.29, 0.717) is 12.1 Å². The third-order valence-corrected chi connectivity index (χ3v) is 3.98. The molecule has 0 saturated heterocycles. The van der Waals surface area contributed by atoms with Crippen LogP contribution < -0.4 is 5.32 Å². The van der Waals surface area contributed by atoms with Crippen molar-refractivity contribution in [3.05, 3.63) is 34.9 Å². The summed E-state index contributed by atoms with van der Waals surface area (Å²) in [6, 6.07) is 5.55. The van der Waals surface area contributed by atoms with Crippen molar-refractivity contribution in [2.24, 2.45) is 4.40 Å². The van der Waals surface area contributed by atoms with Crippen LogP contribution >= 0.6 is 0 Å². The molecule has 0 fully saturated rings. The zero-order valence-corrected chi connectivity index (χ0v) is 11.5. The lowest BCUT2D eigenvalue weighted by Crippen LogP contribution is -2.25. The maximum absolute atomic E-state index is 11.8. The molecule has 0 aliphatic carbocycles. The smallest absolute Gasteiger partial charge is 0.251 e. The molecular weight excluding hydrogens is 248 g/mol. The second-order valence-electron chi connectivity index (χ2n) is 5.20. The van der Waals surface area contributed by atoms with E-state index in [1.165, 1.54) is 0 Å². The predicted octanol–water partition coefficient (Wildman–Crippen LogP) is 1.81. The normalized spacial score (nSPS) is 16.8.